The van der Waals surface area contributed by atoms with E-state index in [4.69, 9.17) is 9.84 Å². The summed E-state index contributed by atoms with van der Waals surface area (Å²) in [6.45, 7) is 8.53. The van der Waals surface area contributed by atoms with E-state index in [9.17, 15) is 4.79 Å². The quantitative estimate of drug-likeness (QED) is 0.761. The van der Waals surface area contributed by atoms with Crippen LogP contribution in [0.5, 0.6) is 5.88 Å². The number of anilines is 1. The highest BCUT2D eigenvalue weighted by Gasteiger charge is 2.21. The Balaban J connectivity index is 2.71. The Kier molecular flexibility index (Phi) is 6.21. The number of aryl methyl sites for hydroxylation is 1. The molecule has 6 heteroatoms. The molecule has 1 unspecified atom stereocenters. The number of aliphatic carboxylic acids is 1. The zero-order valence-electron chi connectivity index (χ0n) is 12.5. The van der Waals surface area contributed by atoms with Gasteiger partial charge in [-0.05, 0) is 19.3 Å². The molecule has 0 aliphatic rings. The highest BCUT2D eigenvalue weighted by atomic mass is 16.5. The number of rotatable bonds is 8. The Morgan fingerprint density at radius 2 is 2.15 bits per heavy atom. The largest absolute Gasteiger partial charge is 0.481 e. The van der Waals surface area contributed by atoms with Gasteiger partial charge in [0, 0.05) is 18.3 Å². The molecule has 0 saturated carbocycles. The van der Waals surface area contributed by atoms with Crippen LogP contribution in [-0.4, -0.2) is 34.2 Å². The van der Waals surface area contributed by atoms with Crippen LogP contribution in [0.2, 0.25) is 0 Å². The van der Waals surface area contributed by atoms with Crippen LogP contribution in [0.25, 0.3) is 0 Å². The topological polar surface area (TPSA) is 84.3 Å². The van der Waals surface area contributed by atoms with Crippen molar-refractivity contribution in [3.05, 3.63) is 11.8 Å². The molecule has 0 spiro atoms. The smallest absolute Gasteiger partial charge is 0.308 e. The summed E-state index contributed by atoms with van der Waals surface area (Å²) in [4.78, 5) is 19.6. The van der Waals surface area contributed by atoms with E-state index < -0.39 is 11.9 Å². The summed E-state index contributed by atoms with van der Waals surface area (Å²) in [5.41, 5.74) is 0.782. The zero-order chi connectivity index (χ0) is 15.1. The van der Waals surface area contributed by atoms with Gasteiger partial charge in [-0.1, -0.05) is 20.8 Å². The Morgan fingerprint density at radius 3 is 2.70 bits per heavy atom. The second-order valence-corrected chi connectivity index (χ2v) is 5.09. The van der Waals surface area contributed by atoms with E-state index in [-0.39, 0.29) is 5.92 Å². The maximum atomic E-state index is 11.1. The Bertz CT molecular complexity index is 449. The van der Waals surface area contributed by atoms with E-state index in [0.717, 1.165) is 12.1 Å². The van der Waals surface area contributed by atoms with Gasteiger partial charge in [-0.25, -0.2) is 4.98 Å². The third kappa shape index (κ3) is 5.03. The Labute approximate surface area is 119 Å². The molecule has 0 saturated heterocycles. The number of nitrogens with zero attached hydrogens (tertiary/aromatic N) is 2. The summed E-state index contributed by atoms with van der Waals surface area (Å²) in [7, 11) is 0. The number of carbonyl (C=O) groups is 1. The van der Waals surface area contributed by atoms with Crippen molar-refractivity contribution < 1.29 is 14.6 Å². The number of ether oxygens (including phenoxy) is 1. The van der Waals surface area contributed by atoms with Crippen LogP contribution < -0.4 is 10.1 Å². The van der Waals surface area contributed by atoms with Crippen molar-refractivity contribution in [2.24, 2.45) is 11.8 Å². The molecule has 6 nitrogen and oxygen atoms in total. The summed E-state index contributed by atoms with van der Waals surface area (Å²) in [5.74, 6) is -0.330. The number of carboxylic acid groups (broad SMARTS) is 1. The summed E-state index contributed by atoms with van der Waals surface area (Å²) in [6, 6.07) is 1.76. The lowest BCUT2D eigenvalue weighted by Gasteiger charge is -2.17. The molecule has 0 aliphatic heterocycles. The van der Waals surface area contributed by atoms with Gasteiger partial charge < -0.3 is 15.2 Å². The molecule has 0 aliphatic carbocycles. The molecule has 0 amide bonds. The van der Waals surface area contributed by atoms with Crippen molar-refractivity contribution in [2.75, 3.05) is 18.5 Å². The number of nitrogens with one attached hydrogen (secondary N) is 1. The van der Waals surface area contributed by atoms with Crippen molar-refractivity contribution in [3.8, 4) is 5.88 Å². The standard InChI is InChI=1S/C14H23N3O3/c1-5-6-20-12-7-10(4)16-14(17-12)15-8-11(9(2)3)13(18)19/h7,9,11H,5-6,8H2,1-4H3,(H,18,19)(H,15,16,17). The number of hydrogen-bond donors (Lipinski definition) is 2. The van der Waals surface area contributed by atoms with Gasteiger partial charge in [-0.15, -0.1) is 0 Å². The lowest BCUT2D eigenvalue weighted by Crippen LogP contribution is -2.28. The summed E-state index contributed by atoms with van der Waals surface area (Å²) in [5, 5.41) is 12.1. The third-order valence-corrected chi connectivity index (χ3v) is 2.89. The van der Waals surface area contributed by atoms with Gasteiger partial charge in [0.05, 0.1) is 12.5 Å². The zero-order valence-corrected chi connectivity index (χ0v) is 12.5. The number of aromatic nitrogens is 2. The van der Waals surface area contributed by atoms with Crippen molar-refractivity contribution in [1.82, 2.24) is 9.97 Å². The Hall–Kier alpha value is -1.85. The van der Waals surface area contributed by atoms with Crippen molar-refractivity contribution >= 4 is 11.9 Å². The fourth-order valence-electron chi connectivity index (χ4n) is 1.71. The van der Waals surface area contributed by atoms with Crippen LogP contribution in [0.4, 0.5) is 5.95 Å². The van der Waals surface area contributed by atoms with Gasteiger partial charge in [-0.3, -0.25) is 4.79 Å². The highest BCUT2D eigenvalue weighted by Crippen LogP contribution is 2.15. The molecular weight excluding hydrogens is 258 g/mol. The predicted molar refractivity (Wildman–Crippen MR) is 77.0 cm³/mol. The second kappa shape index (κ2) is 7.67. The minimum absolute atomic E-state index is 0.0422. The fourth-order valence-corrected chi connectivity index (χ4v) is 1.71. The first-order valence-electron chi connectivity index (χ1n) is 6.89. The van der Waals surface area contributed by atoms with Crippen LogP contribution in [0.3, 0.4) is 0 Å². The molecule has 0 fully saturated rings. The van der Waals surface area contributed by atoms with E-state index >= 15 is 0 Å². The molecule has 0 bridgehead atoms. The van der Waals surface area contributed by atoms with Gasteiger partial charge >= 0.3 is 5.97 Å². The van der Waals surface area contributed by atoms with E-state index in [1.165, 1.54) is 0 Å². The molecule has 1 aromatic rings. The third-order valence-electron chi connectivity index (χ3n) is 2.89. The molecule has 2 N–H and O–H groups in total. The molecule has 1 rings (SSSR count). The minimum Gasteiger partial charge on any atom is -0.481 e. The first-order valence-corrected chi connectivity index (χ1v) is 6.89. The number of carboxylic acids is 1. The van der Waals surface area contributed by atoms with E-state index in [0.29, 0.717) is 25.0 Å². The Morgan fingerprint density at radius 1 is 1.45 bits per heavy atom. The van der Waals surface area contributed by atoms with E-state index in [2.05, 4.69) is 15.3 Å². The fraction of sp³-hybridized carbons (Fsp3) is 0.643. The van der Waals surface area contributed by atoms with Gasteiger partial charge in [0.1, 0.15) is 0 Å². The number of hydrogen-bond acceptors (Lipinski definition) is 5. The van der Waals surface area contributed by atoms with Gasteiger partial charge in [-0.2, -0.15) is 4.98 Å². The molecule has 1 aromatic heterocycles. The van der Waals surface area contributed by atoms with Gasteiger partial charge in [0.15, 0.2) is 0 Å². The maximum Gasteiger partial charge on any atom is 0.308 e. The average molecular weight is 281 g/mol. The maximum absolute atomic E-state index is 11.1. The molecule has 1 heterocycles. The lowest BCUT2D eigenvalue weighted by atomic mass is 9.96. The monoisotopic (exact) mass is 281 g/mol. The van der Waals surface area contributed by atoms with Crippen LogP contribution in [-0.2, 0) is 4.79 Å². The van der Waals surface area contributed by atoms with Gasteiger partial charge in [0.2, 0.25) is 11.8 Å². The molecule has 20 heavy (non-hydrogen) atoms. The average Bonchev–Trinajstić information content (AvgIpc) is 2.35. The molecular formula is C14H23N3O3. The SMILES string of the molecule is CCCOc1cc(C)nc(NCC(C(=O)O)C(C)C)n1. The van der Waals surface area contributed by atoms with Gasteiger partial charge in [0.25, 0.3) is 0 Å². The predicted octanol–water partition coefficient (Wildman–Crippen LogP) is 2.34. The summed E-state index contributed by atoms with van der Waals surface area (Å²) >= 11 is 0. The normalized spacial score (nSPS) is 12.2. The van der Waals surface area contributed by atoms with Crippen molar-refractivity contribution in [3.63, 3.8) is 0 Å². The second-order valence-electron chi connectivity index (χ2n) is 5.09. The lowest BCUT2D eigenvalue weighted by molar-refractivity contribution is -0.142. The molecule has 112 valence electrons. The van der Waals surface area contributed by atoms with Crippen molar-refractivity contribution in [1.29, 1.82) is 0 Å². The van der Waals surface area contributed by atoms with Crippen LogP contribution in [0.1, 0.15) is 32.9 Å². The van der Waals surface area contributed by atoms with Crippen LogP contribution in [0, 0.1) is 18.8 Å². The van der Waals surface area contributed by atoms with Crippen molar-refractivity contribution in [2.45, 2.75) is 34.1 Å². The summed E-state index contributed by atoms with van der Waals surface area (Å²) in [6.07, 6.45) is 0.903. The minimum atomic E-state index is -0.817. The summed E-state index contributed by atoms with van der Waals surface area (Å²) < 4.78 is 5.47. The van der Waals surface area contributed by atoms with Crippen LogP contribution in [0.15, 0.2) is 6.07 Å². The first kappa shape index (κ1) is 16.2. The first-order chi connectivity index (χ1) is 9.43. The highest BCUT2D eigenvalue weighted by molar-refractivity contribution is 5.71. The molecule has 0 aromatic carbocycles. The molecule has 1 atom stereocenters. The molecule has 0 radical (unpaired) electrons. The van der Waals surface area contributed by atoms with E-state index in [1.54, 1.807) is 6.07 Å². The van der Waals surface area contributed by atoms with Crippen LogP contribution >= 0.6 is 0 Å². The van der Waals surface area contributed by atoms with E-state index in [1.807, 2.05) is 27.7 Å².